The van der Waals surface area contributed by atoms with Gasteiger partial charge in [-0.3, -0.25) is 4.79 Å². The van der Waals surface area contributed by atoms with E-state index in [0.29, 0.717) is 23.0 Å². The number of anilines is 1. The third-order valence-electron chi connectivity index (χ3n) is 3.96. The molecule has 1 N–H and O–H groups in total. The summed E-state index contributed by atoms with van der Waals surface area (Å²) in [5.74, 6) is 0.338. The van der Waals surface area contributed by atoms with Crippen LogP contribution in [0, 0.1) is 0 Å². The molecule has 0 atom stereocenters. The van der Waals surface area contributed by atoms with Crippen molar-refractivity contribution in [3.05, 3.63) is 58.6 Å². The summed E-state index contributed by atoms with van der Waals surface area (Å²) in [7, 11) is 1.86. The third-order valence-corrected chi connectivity index (χ3v) is 5.67. The number of ether oxygens (including phenoxy) is 1. The number of nitrogens with one attached hydrogen (secondary N) is 1. The molecule has 150 valence electrons. The Morgan fingerprint density at radius 3 is 2.55 bits per heavy atom. The Bertz CT molecular complexity index is 1020. The van der Waals surface area contributed by atoms with Gasteiger partial charge in [-0.25, -0.2) is 4.79 Å². The molecule has 0 aliphatic rings. The van der Waals surface area contributed by atoms with E-state index < -0.39 is 0 Å². The monoisotopic (exact) mass is 474 g/mol. The Kier molecular flexibility index (Phi) is 7.05. The molecule has 0 saturated carbocycles. The number of aromatic nitrogens is 3. The number of halogens is 1. The van der Waals surface area contributed by atoms with Gasteiger partial charge in [-0.1, -0.05) is 45.9 Å². The molecule has 0 saturated heterocycles. The summed E-state index contributed by atoms with van der Waals surface area (Å²) in [5, 5.41) is 11.9. The molecule has 0 spiro atoms. The Balaban J connectivity index is 1.59. The molecule has 7 nitrogen and oxygen atoms in total. The van der Waals surface area contributed by atoms with Gasteiger partial charge in [0.2, 0.25) is 5.91 Å². The molecule has 9 heteroatoms. The highest BCUT2D eigenvalue weighted by Gasteiger charge is 2.15. The van der Waals surface area contributed by atoms with E-state index in [4.69, 9.17) is 4.74 Å². The first-order valence-corrected chi connectivity index (χ1v) is 10.6. The summed E-state index contributed by atoms with van der Waals surface area (Å²) in [6.07, 6.45) is 0. The van der Waals surface area contributed by atoms with Gasteiger partial charge < -0.3 is 14.6 Å². The van der Waals surface area contributed by atoms with Crippen LogP contribution in [0.5, 0.6) is 0 Å². The highest BCUT2D eigenvalue weighted by atomic mass is 79.9. The Labute approximate surface area is 181 Å². The first kappa shape index (κ1) is 21.1. The zero-order valence-corrected chi connectivity index (χ0v) is 18.3. The van der Waals surface area contributed by atoms with Crippen molar-refractivity contribution in [2.75, 3.05) is 17.7 Å². The lowest BCUT2D eigenvalue weighted by molar-refractivity contribution is -0.113. The zero-order valence-electron chi connectivity index (χ0n) is 15.9. The van der Waals surface area contributed by atoms with Crippen LogP contribution in [-0.2, 0) is 16.6 Å². The van der Waals surface area contributed by atoms with E-state index in [2.05, 4.69) is 31.4 Å². The normalized spacial score (nSPS) is 10.6. The molecule has 0 bridgehead atoms. The van der Waals surface area contributed by atoms with E-state index >= 15 is 0 Å². The van der Waals surface area contributed by atoms with E-state index in [0.717, 1.165) is 15.9 Å². The van der Waals surface area contributed by atoms with Gasteiger partial charge >= 0.3 is 5.97 Å². The molecule has 29 heavy (non-hydrogen) atoms. The molecule has 0 radical (unpaired) electrons. The number of amides is 1. The van der Waals surface area contributed by atoms with Gasteiger partial charge in [0.25, 0.3) is 0 Å². The quantitative estimate of drug-likeness (QED) is 0.408. The molecular formula is C20H19BrN4O3S. The Morgan fingerprint density at radius 2 is 1.86 bits per heavy atom. The molecule has 0 fully saturated rings. The van der Waals surface area contributed by atoms with Crippen molar-refractivity contribution in [3.8, 4) is 11.4 Å². The number of benzene rings is 2. The SMILES string of the molecule is CCOC(=O)c1ccc(NC(=O)CSc2nnc(-c3ccccc3Br)n2C)cc1. The minimum atomic E-state index is -0.385. The van der Waals surface area contributed by atoms with E-state index in [-0.39, 0.29) is 17.6 Å². The second-order valence-corrected chi connectivity index (χ2v) is 7.78. The van der Waals surface area contributed by atoms with Gasteiger partial charge in [0.05, 0.1) is 17.9 Å². The van der Waals surface area contributed by atoms with Crippen LogP contribution < -0.4 is 5.32 Å². The van der Waals surface area contributed by atoms with E-state index in [9.17, 15) is 9.59 Å². The van der Waals surface area contributed by atoms with Crippen LogP contribution in [0.4, 0.5) is 5.69 Å². The number of nitrogens with zero attached hydrogens (tertiary/aromatic N) is 3. The number of esters is 1. The van der Waals surface area contributed by atoms with Crippen molar-refractivity contribution >= 4 is 45.3 Å². The maximum absolute atomic E-state index is 12.3. The van der Waals surface area contributed by atoms with E-state index in [1.165, 1.54) is 11.8 Å². The van der Waals surface area contributed by atoms with Crippen LogP contribution in [0.1, 0.15) is 17.3 Å². The smallest absolute Gasteiger partial charge is 0.338 e. The average molecular weight is 475 g/mol. The largest absolute Gasteiger partial charge is 0.462 e. The maximum Gasteiger partial charge on any atom is 0.338 e. The minimum Gasteiger partial charge on any atom is -0.462 e. The minimum absolute atomic E-state index is 0.177. The van der Waals surface area contributed by atoms with Gasteiger partial charge in [-0.2, -0.15) is 0 Å². The molecule has 0 aliphatic heterocycles. The zero-order chi connectivity index (χ0) is 20.8. The van der Waals surface area contributed by atoms with Crippen molar-refractivity contribution in [3.63, 3.8) is 0 Å². The molecule has 1 amide bonds. The summed E-state index contributed by atoms with van der Waals surface area (Å²) in [4.78, 5) is 23.9. The lowest BCUT2D eigenvalue weighted by Gasteiger charge is -2.07. The average Bonchev–Trinajstić information content (AvgIpc) is 3.08. The molecule has 0 aliphatic carbocycles. The van der Waals surface area contributed by atoms with Crippen LogP contribution >= 0.6 is 27.7 Å². The Hall–Kier alpha value is -2.65. The highest BCUT2D eigenvalue weighted by Crippen LogP contribution is 2.28. The van der Waals surface area contributed by atoms with Gasteiger partial charge in [-0.05, 0) is 37.3 Å². The predicted octanol–water partition coefficient (Wildman–Crippen LogP) is 4.15. The molecule has 1 aromatic heterocycles. The fourth-order valence-electron chi connectivity index (χ4n) is 2.55. The van der Waals surface area contributed by atoms with Gasteiger partial charge in [0.1, 0.15) is 0 Å². The summed E-state index contributed by atoms with van der Waals surface area (Å²) >= 11 is 4.82. The second kappa shape index (κ2) is 9.71. The number of carbonyl (C=O) groups is 2. The van der Waals surface area contributed by atoms with Crippen LogP contribution in [0.15, 0.2) is 58.2 Å². The lowest BCUT2D eigenvalue weighted by atomic mass is 10.2. The number of carbonyl (C=O) groups excluding carboxylic acids is 2. The number of thioether (sulfide) groups is 1. The van der Waals surface area contributed by atoms with Crippen molar-refractivity contribution in [2.45, 2.75) is 12.1 Å². The molecule has 1 heterocycles. The molecule has 0 unspecified atom stereocenters. The first-order chi connectivity index (χ1) is 14.0. The van der Waals surface area contributed by atoms with Crippen molar-refractivity contribution in [2.24, 2.45) is 7.05 Å². The highest BCUT2D eigenvalue weighted by molar-refractivity contribution is 9.10. The number of hydrogen-bond acceptors (Lipinski definition) is 6. The van der Waals surface area contributed by atoms with E-state index in [1.54, 1.807) is 31.2 Å². The number of hydrogen-bond donors (Lipinski definition) is 1. The topological polar surface area (TPSA) is 86.1 Å². The number of rotatable bonds is 7. The van der Waals surface area contributed by atoms with Crippen LogP contribution in [0.3, 0.4) is 0 Å². The van der Waals surface area contributed by atoms with Crippen LogP contribution in [0.25, 0.3) is 11.4 Å². The van der Waals surface area contributed by atoms with Gasteiger partial charge in [0.15, 0.2) is 11.0 Å². The van der Waals surface area contributed by atoms with E-state index in [1.807, 2.05) is 35.9 Å². The lowest BCUT2D eigenvalue weighted by Crippen LogP contribution is -2.14. The van der Waals surface area contributed by atoms with Gasteiger partial charge in [-0.15, -0.1) is 10.2 Å². The third kappa shape index (κ3) is 5.24. The standard InChI is InChI=1S/C20H19BrN4O3S/c1-3-28-19(27)13-8-10-14(11-9-13)22-17(26)12-29-20-24-23-18(25(20)2)15-6-4-5-7-16(15)21/h4-11H,3,12H2,1-2H3,(H,22,26). The molecule has 2 aromatic carbocycles. The molecular weight excluding hydrogens is 456 g/mol. The van der Waals surface area contributed by atoms with Crippen LogP contribution in [0.2, 0.25) is 0 Å². The second-order valence-electron chi connectivity index (χ2n) is 5.98. The Morgan fingerprint density at radius 1 is 1.14 bits per heavy atom. The van der Waals surface area contributed by atoms with Crippen molar-refractivity contribution < 1.29 is 14.3 Å². The summed E-state index contributed by atoms with van der Waals surface area (Å²) in [6.45, 7) is 2.07. The molecule has 3 rings (SSSR count). The summed E-state index contributed by atoms with van der Waals surface area (Å²) in [5.41, 5.74) is 1.98. The summed E-state index contributed by atoms with van der Waals surface area (Å²) in [6, 6.07) is 14.3. The van der Waals surface area contributed by atoms with Crippen LogP contribution in [-0.4, -0.2) is 39.0 Å². The fourth-order valence-corrected chi connectivity index (χ4v) is 3.72. The first-order valence-electron chi connectivity index (χ1n) is 8.83. The fraction of sp³-hybridized carbons (Fsp3) is 0.200. The predicted molar refractivity (Wildman–Crippen MR) is 116 cm³/mol. The summed E-state index contributed by atoms with van der Waals surface area (Å²) < 4.78 is 7.72. The van der Waals surface area contributed by atoms with Gasteiger partial charge in [0, 0.05) is 22.8 Å². The van der Waals surface area contributed by atoms with Crippen molar-refractivity contribution in [1.82, 2.24) is 14.8 Å². The maximum atomic E-state index is 12.3. The molecule has 3 aromatic rings. The van der Waals surface area contributed by atoms with Crippen molar-refractivity contribution in [1.29, 1.82) is 0 Å².